The summed E-state index contributed by atoms with van der Waals surface area (Å²) in [4.78, 5) is 25.9. The number of anilines is 2. The Bertz CT molecular complexity index is 1630. The minimum absolute atomic E-state index is 0.0629. The smallest absolute Gasteiger partial charge is 0.317 e. The normalized spacial score (nSPS) is 12.9. The fraction of sp³-hybridized carbons (Fsp3) is 0.250. The van der Waals surface area contributed by atoms with Gasteiger partial charge in [0.1, 0.15) is 5.82 Å². The number of hydrogen-bond acceptors (Lipinski definition) is 4. The van der Waals surface area contributed by atoms with E-state index in [2.05, 4.69) is 15.7 Å². The predicted molar refractivity (Wildman–Crippen MR) is 143 cm³/mol. The summed E-state index contributed by atoms with van der Waals surface area (Å²) in [6, 6.07) is 8.87. The van der Waals surface area contributed by atoms with Crippen LogP contribution in [-0.2, 0) is 27.1 Å². The highest BCUT2D eigenvalue weighted by atomic mass is 19.3. The van der Waals surface area contributed by atoms with Gasteiger partial charge in [0, 0.05) is 69.5 Å². The van der Waals surface area contributed by atoms with Gasteiger partial charge < -0.3 is 20.1 Å². The van der Waals surface area contributed by atoms with Crippen LogP contribution >= 0.6 is 0 Å². The number of halogens is 3. The van der Waals surface area contributed by atoms with Gasteiger partial charge in [-0.3, -0.25) is 9.48 Å². The Morgan fingerprint density at radius 2 is 1.82 bits per heavy atom. The lowest BCUT2D eigenvalue weighted by atomic mass is 9.93. The number of benzene rings is 2. The zero-order chi connectivity index (χ0) is 27.8. The van der Waals surface area contributed by atoms with Gasteiger partial charge in [-0.1, -0.05) is 6.07 Å². The molecule has 2 aromatic heterocycles. The zero-order valence-electron chi connectivity index (χ0n) is 21.6. The molecule has 0 spiro atoms. The van der Waals surface area contributed by atoms with Gasteiger partial charge in [0.25, 0.3) is 6.43 Å². The summed E-state index contributed by atoms with van der Waals surface area (Å²) < 4.78 is 46.6. The van der Waals surface area contributed by atoms with E-state index in [9.17, 15) is 18.4 Å². The summed E-state index contributed by atoms with van der Waals surface area (Å²) in [5.74, 6) is -0.710. The second kappa shape index (κ2) is 10.3. The molecule has 1 aliphatic rings. The minimum Gasteiger partial charge on any atom is -0.353 e. The lowest BCUT2D eigenvalue weighted by Gasteiger charge is -2.31. The number of pyridine rings is 1. The maximum Gasteiger partial charge on any atom is 0.317 e. The Kier molecular flexibility index (Phi) is 6.90. The number of fused-ring (bicyclic) bond motifs is 1. The van der Waals surface area contributed by atoms with Crippen molar-refractivity contribution in [1.29, 1.82) is 0 Å². The summed E-state index contributed by atoms with van der Waals surface area (Å²) >= 11 is 0. The molecule has 0 fully saturated rings. The van der Waals surface area contributed by atoms with Crippen LogP contribution in [0.4, 0.5) is 29.3 Å². The molecule has 2 aromatic carbocycles. The number of carbonyl (C=O) groups excluding carboxylic acids is 1. The Morgan fingerprint density at radius 1 is 1.03 bits per heavy atom. The van der Waals surface area contributed by atoms with Crippen LogP contribution < -0.4 is 16.2 Å². The first kappa shape index (κ1) is 26.1. The Morgan fingerprint density at radius 3 is 2.49 bits per heavy atom. The monoisotopic (exact) mass is 536 g/mol. The maximum atomic E-state index is 15.4. The standard InChI is InChI=1S/C28H27F3N6O2/c1-32-28(39)37-7-6-16-8-18(17-4-5-26(38)35(2)13-17)9-24(22(16)15-37)34-25-11-21(27(30)31)20(10-23(25)29)19-12-33-36(3)14-19/h4-5,8-14,27,34H,6-7,15H2,1-3H3,(H,32,39). The molecular formula is C28H27F3N6O2. The second-order valence-corrected chi connectivity index (χ2v) is 9.50. The minimum atomic E-state index is -2.85. The third-order valence-electron chi connectivity index (χ3n) is 6.92. The van der Waals surface area contributed by atoms with Crippen molar-refractivity contribution in [3.05, 3.63) is 87.9 Å². The van der Waals surface area contributed by atoms with Crippen molar-refractivity contribution in [1.82, 2.24) is 24.6 Å². The van der Waals surface area contributed by atoms with Gasteiger partial charge in [-0.25, -0.2) is 18.0 Å². The first-order valence-electron chi connectivity index (χ1n) is 12.3. The number of nitrogens with zero attached hydrogens (tertiary/aromatic N) is 4. The molecule has 2 N–H and O–H groups in total. The van der Waals surface area contributed by atoms with Crippen molar-refractivity contribution >= 4 is 17.4 Å². The Balaban J connectivity index is 1.62. The molecule has 0 saturated heterocycles. The first-order valence-corrected chi connectivity index (χ1v) is 12.3. The lowest BCUT2D eigenvalue weighted by Crippen LogP contribution is -2.41. The average Bonchev–Trinajstić information content (AvgIpc) is 3.36. The van der Waals surface area contributed by atoms with Crippen LogP contribution in [0.25, 0.3) is 22.3 Å². The van der Waals surface area contributed by atoms with E-state index in [1.165, 1.54) is 21.5 Å². The van der Waals surface area contributed by atoms with Crippen LogP contribution in [0.2, 0.25) is 0 Å². The summed E-state index contributed by atoms with van der Waals surface area (Å²) in [6.45, 7) is 0.731. The van der Waals surface area contributed by atoms with Crippen molar-refractivity contribution in [3.8, 4) is 22.3 Å². The number of aromatic nitrogens is 3. The van der Waals surface area contributed by atoms with E-state index in [1.54, 1.807) is 50.6 Å². The number of aryl methyl sites for hydroxylation is 2. The van der Waals surface area contributed by atoms with Crippen molar-refractivity contribution in [2.75, 3.05) is 18.9 Å². The SMILES string of the molecule is CNC(=O)N1CCc2cc(-c3ccc(=O)n(C)c3)cc(Nc3cc(C(F)F)c(-c4cnn(C)c4)cc3F)c2C1. The number of hydrogen-bond donors (Lipinski definition) is 2. The van der Waals surface area contributed by atoms with Gasteiger partial charge in [0.15, 0.2) is 0 Å². The quantitative estimate of drug-likeness (QED) is 0.377. The molecule has 39 heavy (non-hydrogen) atoms. The largest absolute Gasteiger partial charge is 0.353 e. The van der Waals surface area contributed by atoms with Gasteiger partial charge in [0.05, 0.1) is 11.9 Å². The third-order valence-corrected chi connectivity index (χ3v) is 6.92. The molecule has 0 aliphatic carbocycles. The predicted octanol–water partition coefficient (Wildman–Crippen LogP) is 4.97. The van der Waals surface area contributed by atoms with E-state index < -0.39 is 12.2 Å². The molecule has 0 unspecified atom stereocenters. The van der Waals surface area contributed by atoms with E-state index >= 15 is 4.39 Å². The number of carbonyl (C=O) groups is 1. The first-order chi connectivity index (χ1) is 18.6. The molecule has 4 aromatic rings. The van der Waals surface area contributed by atoms with Crippen molar-refractivity contribution in [2.24, 2.45) is 14.1 Å². The molecule has 0 saturated carbocycles. The average molecular weight is 537 g/mol. The van der Waals surface area contributed by atoms with E-state index in [0.717, 1.165) is 34.4 Å². The molecule has 1 aliphatic heterocycles. The number of urea groups is 1. The number of rotatable bonds is 5. The van der Waals surface area contributed by atoms with Crippen LogP contribution in [0.1, 0.15) is 23.1 Å². The molecular weight excluding hydrogens is 509 g/mol. The highest BCUT2D eigenvalue weighted by Crippen LogP contribution is 2.38. The fourth-order valence-corrected chi connectivity index (χ4v) is 4.86. The Labute approximate surface area is 222 Å². The number of alkyl halides is 2. The summed E-state index contributed by atoms with van der Waals surface area (Å²) in [5, 5.41) is 9.67. The van der Waals surface area contributed by atoms with E-state index in [-0.39, 0.29) is 34.9 Å². The summed E-state index contributed by atoms with van der Waals surface area (Å²) in [5.41, 5.74) is 3.54. The van der Waals surface area contributed by atoms with Crippen LogP contribution in [-0.4, -0.2) is 38.9 Å². The summed E-state index contributed by atoms with van der Waals surface area (Å²) in [7, 11) is 4.85. The molecule has 11 heteroatoms. The third kappa shape index (κ3) is 5.12. The molecule has 0 atom stereocenters. The topological polar surface area (TPSA) is 84.2 Å². The van der Waals surface area contributed by atoms with E-state index in [1.807, 2.05) is 6.07 Å². The van der Waals surface area contributed by atoms with Crippen molar-refractivity contribution in [2.45, 2.75) is 19.4 Å². The Hall–Kier alpha value is -4.54. The zero-order valence-corrected chi connectivity index (χ0v) is 21.6. The molecule has 3 heterocycles. The van der Waals surface area contributed by atoms with Crippen molar-refractivity contribution in [3.63, 3.8) is 0 Å². The van der Waals surface area contributed by atoms with Gasteiger partial charge in [0.2, 0.25) is 5.56 Å². The van der Waals surface area contributed by atoms with Gasteiger partial charge in [-0.15, -0.1) is 0 Å². The maximum absolute atomic E-state index is 15.4. The second-order valence-electron chi connectivity index (χ2n) is 9.50. The van der Waals surface area contributed by atoms with Crippen LogP contribution in [0.15, 0.2) is 59.8 Å². The van der Waals surface area contributed by atoms with Gasteiger partial charge in [-0.05, 0) is 58.5 Å². The van der Waals surface area contributed by atoms with Crippen molar-refractivity contribution < 1.29 is 18.0 Å². The highest BCUT2D eigenvalue weighted by molar-refractivity contribution is 5.79. The van der Waals surface area contributed by atoms with Gasteiger partial charge in [-0.2, -0.15) is 5.10 Å². The number of nitrogens with one attached hydrogen (secondary N) is 2. The molecule has 2 amide bonds. The van der Waals surface area contributed by atoms with Crippen LogP contribution in [0.5, 0.6) is 0 Å². The van der Waals surface area contributed by atoms with Crippen LogP contribution in [0.3, 0.4) is 0 Å². The molecule has 202 valence electrons. The molecule has 8 nitrogen and oxygen atoms in total. The fourth-order valence-electron chi connectivity index (χ4n) is 4.86. The van der Waals surface area contributed by atoms with Crippen LogP contribution in [0, 0.1) is 5.82 Å². The van der Waals surface area contributed by atoms with E-state index in [4.69, 9.17) is 0 Å². The molecule has 0 bridgehead atoms. The van der Waals surface area contributed by atoms with E-state index in [0.29, 0.717) is 24.2 Å². The lowest BCUT2D eigenvalue weighted by molar-refractivity contribution is 0.152. The van der Waals surface area contributed by atoms with Gasteiger partial charge >= 0.3 is 6.03 Å². The summed E-state index contributed by atoms with van der Waals surface area (Å²) in [6.07, 6.45) is 2.35. The molecule has 5 rings (SSSR count). The number of amides is 2. The molecule has 0 radical (unpaired) electrons. The highest BCUT2D eigenvalue weighted by Gasteiger charge is 2.25.